The van der Waals surface area contributed by atoms with Gasteiger partial charge in [0.2, 0.25) is 0 Å². The predicted molar refractivity (Wildman–Crippen MR) is 93.2 cm³/mol. The summed E-state index contributed by atoms with van der Waals surface area (Å²) < 4.78 is 11.5. The molecular formula is C18H33N3O3. The Morgan fingerprint density at radius 3 is 2.67 bits per heavy atom. The maximum atomic E-state index is 12.1. The molecule has 0 saturated carbocycles. The second kappa shape index (κ2) is 7.58. The van der Waals surface area contributed by atoms with Gasteiger partial charge in [-0.05, 0) is 53.0 Å². The second-order valence-corrected chi connectivity index (χ2v) is 8.40. The summed E-state index contributed by atoms with van der Waals surface area (Å²) >= 11 is 0. The van der Waals surface area contributed by atoms with Crippen molar-refractivity contribution in [3.8, 4) is 0 Å². The van der Waals surface area contributed by atoms with Crippen LogP contribution in [0.1, 0.15) is 46.5 Å². The maximum absolute atomic E-state index is 12.1. The van der Waals surface area contributed by atoms with E-state index in [1.54, 1.807) is 0 Å². The van der Waals surface area contributed by atoms with Crippen molar-refractivity contribution in [1.29, 1.82) is 0 Å². The Morgan fingerprint density at radius 2 is 1.96 bits per heavy atom. The van der Waals surface area contributed by atoms with Crippen molar-refractivity contribution in [3.05, 3.63) is 0 Å². The Morgan fingerprint density at radius 1 is 1.21 bits per heavy atom. The molecule has 3 aliphatic heterocycles. The first kappa shape index (κ1) is 18.0. The number of nitrogens with one attached hydrogen (secondary N) is 1. The average molecular weight is 339 g/mol. The van der Waals surface area contributed by atoms with Crippen molar-refractivity contribution in [2.75, 3.05) is 39.3 Å². The molecule has 2 unspecified atom stereocenters. The number of likely N-dealkylation sites (tertiary alicyclic amines) is 1. The summed E-state index contributed by atoms with van der Waals surface area (Å²) in [6.45, 7) is 11.4. The zero-order valence-electron chi connectivity index (χ0n) is 15.4. The molecule has 138 valence electrons. The van der Waals surface area contributed by atoms with Crippen LogP contribution in [0.5, 0.6) is 0 Å². The zero-order valence-corrected chi connectivity index (χ0v) is 15.4. The fraction of sp³-hybridized carbons (Fsp3) is 0.944. The molecule has 0 aliphatic carbocycles. The third-order valence-corrected chi connectivity index (χ3v) is 5.24. The quantitative estimate of drug-likeness (QED) is 0.850. The number of amides is 1. The number of fused-ring (bicyclic) bond motifs is 1. The highest BCUT2D eigenvalue weighted by atomic mass is 16.6. The Hall–Kier alpha value is -0.850. The van der Waals surface area contributed by atoms with E-state index in [1.165, 1.54) is 19.4 Å². The molecule has 3 saturated heterocycles. The zero-order chi connectivity index (χ0) is 17.2. The molecule has 0 radical (unpaired) electrons. The van der Waals surface area contributed by atoms with E-state index in [-0.39, 0.29) is 6.09 Å². The molecule has 0 aromatic rings. The van der Waals surface area contributed by atoms with E-state index in [0.29, 0.717) is 18.2 Å². The molecule has 1 amide bonds. The minimum Gasteiger partial charge on any atom is -0.444 e. The molecule has 2 atom stereocenters. The van der Waals surface area contributed by atoms with Crippen molar-refractivity contribution in [2.24, 2.45) is 0 Å². The van der Waals surface area contributed by atoms with E-state index in [2.05, 4.69) is 10.2 Å². The van der Waals surface area contributed by atoms with Gasteiger partial charge in [-0.15, -0.1) is 0 Å². The highest BCUT2D eigenvalue weighted by Gasteiger charge is 2.33. The monoisotopic (exact) mass is 339 g/mol. The summed E-state index contributed by atoms with van der Waals surface area (Å²) in [7, 11) is 0. The fourth-order valence-corrected chi connectivity index (χ4v) is 3.90. The Balaban J connectivity index is 1.34. The van der Waals surface area contributed by atoms with Crippen molar-refractivity contribution in [3.63, 3.8) is 0 Å². The van der Waals surface area contributed by atoms with E-state index in [1.807, 2.05) is 25.7 Å². The fourth-order valence-electron chi connectivity index (χ4n) is 3.90. The molecular weight excluding hydrogens is 306 g/mol. The van der Waals surface area contributed by atoms with Crippen LogP contribution in [-0.2, 0) is 9.47 Å². The van der Waals surface area contributed by atoms with Gasteiger partial charge in [-0.25, -0.2) is 4.79 Å². The van der Waals surface area contributed by atoms with E-state index in [0.717, 1.165) is 45.6 Å². The minimum absolute atomic E-state index is 0.184. The standard InChI is InChI=1S/C18H33N3O3/c1-18(2,3)24-17(22)20-9-6-14(7-10-20)19-11-16-12-21-8-4-5-15(21)13-23-16/h14-16,19H,4-13H2,1-3H3. The number of carbonyl (C=O) groups is 1. The van der Waals surface area contributed by atoms with Crippen LogP contribution in [0.15, 0.2) is 0 Å². The number of nitrogens with zero attached hydrogens (tertiary/aromatic N) is 2. The summed E-state index contributed by atoms with van der Waals surface area (Å²) in [5, 5.41) is 3.65. The first-order valence-electron chi connectivity index (χ1n) is 9.48. The smallest absolute Gasteiger partial charge is 0.410 e. The van der Waals surface area contributed by atoms with Crippen LogP contribution in [0.4, 0.5) is 4.79 Å². The van der Waals surface area contributed by atoms with Crippen LogP contribution in [0.2, 0.25) is 0 Å². The molecule has 6 nitrogen and oxygen atoms in total. The molecule has 3 rings (SSSR count). The van der Waals surface area contributed by atoms with Crippen LogP contribution >= 0.6 is 0 Å². The third-order valence-electron chi connectivity index (χ3n) is 5.24. The van der Waals surface area contributed by atoms with Gasteiger partial charge in [-0.1, -0.05) is 0 Å². The molecule has 6 heteroatoms. The summed E-state index contributed by atoms with van der Waals surface area (Å²) in [6.07, 6.45) is 4.71. The molecule has 0 bridgehead atoms. The van der Waals surface area contributed by atoms with Gasteiger partial charge in [0.25, 0.3) is 0 Å². The Labute approximate surface area is 145 Å². The van der Waals surface area contributed by atoms with Crippen molar-refractivity contribution in [2.45, 2.75) is 70.2 Å². The minimum atomic E-state index is -0.419. The first-order chi connectivity index (χ1) is 11.4. The summed E-state index contributed by atoms with van der Waals surface area (Å²) in [5.41, 5.74) is -0.419. The van der Waals surface area contributed by atoms with Crippen LogP contribution in [0.3, 0.4) is 0 Å². The van der Waals surface area contributed by atoms with Gasteiger partial charge in [-0.2, -0.15) is 0 Å². The Bertz CT molecular complexity index is 430. The second-order valence-electron chi connectivity index (χ2n) is 8.40. The molecule has 3 heterocycles. The van der Waals surface area contributed by atoms with Gasteiger partial charge in [0.15, 0.2) is 0 Å². The molecule has 0 spiro atoms. The molecule has 0 aromatic carbocycles. The molecule has 24 heavy (non-hydrogen) atoms. The van der Waals surface area contributed by atoms with Gasteiger partial charge >= 0.3 is 6.09 Å². The van der Waals surface area contributed by atoms with Crippen LogP contribution in [0, 0.1) is 0 Å². The molecule has 3 aliphatic rings. The molecule has 0 aromatic heterocycles. The van der Waals surface area contributed by atoms with E-state index in [4.69, 9.17) is 9.47 Å². The van der Waals surface area contributed by atoms with Crippen molar-refractivity contribution in [1.82, 2.24) is 15.1 Å². The van der Waals surface area contributed by atoms with Crippen LogP contribution in [0.25, 0.3) is 0 Å². The summed E-state index contributed by atoms with van der Waals surface area (Å²) in [6, 6.07) is 1.14. The average Bonchev–Trinajstić information content (AvgIpc) is 2.99. The van der Waals surface area contributed by atoms with E-state index >= 15 is 0 Å². The molecule has 1 N–H and O–H groups in total. The van der Waals surface area contributed by atoms with Gasteiger partial charge in [0.1, 0.15) is 5.60 Å². The van der Waals surface area contributed by atoms with Crippen molar-refractivity contribution < 1.29 is 14.3 Å². The van der Waals surface area contributed by atoms with Gasteiger partial charge in [0, 0.05) is 38.3 Å². The number of carbonyl (C=O) groups excluding carboxylic acids is 1. The Kier molecular flexibility index (Phi) is 5.67. The topological polar surface area (TPSA) is 54.0 Å². The van der Waals surface area contributed by atoms with Gasteiger partial charge < -0.3 is 19.7 Å². The summed E-state index contributed by atoms with van der Waals surface area (Å²) in [5.74, 6) is 0. The SMILES string of the molecule is CC(C)(C)OC(=O)N1CCC(NCC2CN3CCCC3CO2)CC1. The first-order valence-corrected chi connectivity index (χ1v) is 9.48. The van der Waals surface area contributed by atoms with E-state index < -0.39 is 5.60 Å². The number of piperidine rings is 1. The van der Waals surface area contributed by atoms with E-state index in [9.17, 15) is 4.79 Å². The van der Waals surface area contributed by atoms with Gasteiger partial charge in [-0.3, -0.25) is 4.90 Å². The lowest BCUT2D eigenvalue weighted by atomic mass is 10.0. The third kappa shape index (κ3) is 4.83. The lowest BCUT2D eigenvalue weighted by molar-refractivity contribution is -0.0485. The normalized spacial score (nSPS) is 29.5. The summed E-state index contributed by atoms with van der Waals surface area (Å²) in [4.78, 5) is 16.5. The lowest BCUT2D eigenvalue weighted by Crippen LogP contribution is -2.52. The van der Waals surface area contributed by atoms with Crippen LogP contribution < -0.4 is 5.32 Å². The number of ether oxygens (including phenoxy) is 2. The lowest BCUT2D eigenvalue weighted by Gasteiger charge is -2.37. The predicted octanol–water partition coefficient (Wildman–Crippen LogP) is 1.84. The van der Waals surface area contributed by atoms with Gasteiger partial charge in [0.05, 0.1) is 12.7 Å². The number of rotatable bonds is 3. The maximum Gasteiger partial charge on any atom is 0.410 e. The van der Waals surface area contributed by atoms with Crippen molar-refractivity contribution >= 4 is 6.09 Å². The van der Waals surface area contributed by atoms with Crippen LogP contribution in [-0.4, -0.2) is 79.0 Å². The largest absolute Gasteiger partial charge is 0.444 e. The highest BCUT2D eigenvalue weighted by molar-refractivity contribution is 5.68. The number of hydrogen-bond acceptors (Lipinski definition) is 5. The number of hydrogen-bond donors (Lipinski definition) is 1. The molecule has 3 fully saturated rings. The highest BCUT2D eigenvalue weighted by Crippen LogP contribution is 2.22. The number of morpholine rings is 1.